The summed E-state index contributed by atoms with van der Waals surface area (Å²) in [7, 11) is 1.94. The summed E-state index contributed by atoms with van der Waals surface area (Å²) in [4.78, 5) is 21.4. The SMILES string of the molecule is Cc1cccnc1C(C(=O)NNc1cc(C(F)(F)F)cc(C(F)(F)F)c1)N1CCN(C)CC1. The molecule has 1 unspecified atom stereocenters. The fourth-order valence-corrected chi connectivity index (χ4v) is 3.56. The number of halogens is 6. The number of hydrazine groups is 1. The molecular formula is C21H23F6N5O. The first-order valence-electron chi connectivity index (χ1n) is 10.1. The van der Waals surface area contributed by atoms with Crippen molar-refractivity contribution in [3.8, 4) is 0 Å². The maximum atomic E-state index is 13.1. The number of rotatable bonds is 5. The first-order valence-corrected chi connectivity index (χ1v) is 10.1. The molecule has 2 aromatic rings. The number of hydrogen-bond donors (Lipinski definition) is 2. The van der Waals surface area contributed by atoms with E-state index >= 15 is 0 Å². The van der Waals surface area contributed by atoms with Crippen molar-refractivity contribution in [2.45, 2.75) is 25.3 Å². The third-order valence-electron chi connectivity index (χ3n) is 5.38. The summed E-state index contributed by atoms with van der Waals surface area (Å²) in [6.07, 6.45) is -8.46. The predicted molar refractivity (Wildman–Crippen MR) is 109 cm³/mol. The van der Waals surface area contributed by atoms with Crippen LogP contribution in [0.25, 0.3) is 0 Å². The molecule has 1 amide bonds. The summed E-state index contributed by atoms with van der Waals surface area (Å²) >= 11 is 0. The van der Waals surface area contributed by atoms with Crippen molar-refractivity contribution in [2.75, 3.05) is 38.7 Å². The molecule has 0 bridgehead atoms. The van der Waals surface area contributed by atoms with Gasteiger partial charge < -0.3 is 4.90 Å². The lowest BCUT2D eigenvalue weighted by atomic mass is 10.0. The highest BCUT2D eigenvalue weighted by molar-refractivity contribution is 5.84. The summed E-state index contributed by atoms with van der Waals surface area (Å²) < 4.78 is 78.6. The quantitative estimate of drug-likeness (QED) is 0.508. The van der Waals surface area contributed by atoms with Crippen molar-refractivity contribution in [2.24, 2.45) is 0 Å². The first-order chi connectivity index (χ1) is 15.4. The number of nitrogens with zero attached hydrogens (tertiary/aromatic N) is 3. The number of benzene rings is 1. The van der Waals surface area contributed by atoms with Gasteiger partial charge in [-0.1, -0.05) is 6.07 Å². The van der Waals surface area contributed by atoms with Crippen LogP contribution in [0.1, 0.15) is 28.4 Å². The third-order valence-corrected chi connectivity index (χ3v) is 5.38. The molecule has 1 aliphatic heterocycles. The van der Waals surface area contributed by atoms with Gasteiger partial charge in [0.2, 0.25) is 0 Å². The average molecular weight is 475 g/mol. The second-order valence-corrected chi connectivity index (χ2v) is 7.86. The molecule has 0 aliphatic carbocycles. The number of carbonyl (C=O) groups is 1. The zero-order chi connectivity index (χ0) is 24.4. The van der Waals surface area contributed by atoms with Crippen molar-refractivity contribution in [1.29, 1.82) is 0 Å². The molecule has 12 heteroatoms. The Morgan fingerprint density at radius 1 is 1.00 bits per heavy atom. The highest BCUT2D eigenvalue weighted by Gasteiger charge is 2.37. The van der Waals surface area contributed by atoms with Gasteiger partial charge >= 0.3 is 12.4 Å². The zero-order valence-electron chi connectivity index (χ0n) is 17.9. The number of hydrogen-bond acceptors (Lipinski definition) is 5. The van der Waals surface area contributed by atoms with Crippen molar-refractivity contribution in [3.63, 3.8) is 0 Å². The second-order valence-electron chi connectivity index (χ2n) is 7.86. The van der Waals surface area contributed by atoms with E-state index in [0.717, 1.165) is 5.56 Å². The maximum absolute atomic E-state index is 13.1. The van der Waals surface area contributed by atoms with Gasteiger partial charge in [0.1, 0.15) is 6.04 Å². The zero-order valence-corrected chi connectivity index (χ0v) is 17.9. The van der Waals surface area contributed by atoms with Crippen LogP contribution < -0.4 is 10.9 Å². The number of piperazine rings is 1. The van der Waals surface area contributed by atoms with Gasteiger partial charge in [-0.05, 0) is 43.8 Å². The van der Waals surface area contributed by atoms with Crippen LogP contribution in [0.2, 0.25) is 0 Å². The normalized spacial score (nSPS) is 17.0. The fourth-order valence-electron chi connectivity index (χ4n) is 3.56. The van der Waals surface area contributed by atoms with Gasteiger partial charge in [0.05, 0.1) is 22.5 Å². The standard InChI is InChI=1S/C21H23F6N5O/c1-13-4-3-5-28-17(13)18(32-8-6-31(2)7-9-32)19(33)30-29-16-11-14(20(22,23)24)10-15(12-16)21(25,26)27/h3-5,10-12,18,29H,6-9H2,1-2H3,(H,30,33). The van der Waals surface area contributed by atoms with Crippen molar-refractivity contribution >= 4 is 11.6 Å². The summed E-state index contributed by atoms with van der Waals surface area (Å²) in [5.41, 5.74) is 2.18. The van der Waals surface area contributed by atoms with E-state index in [0.29, 0.717) is 44.0 Å². The minimum atomic E-state index is -4.99. The molecule has 180 valence electrons. The molecule has 1 aromatic carbocycles. The molecule has 1 aliphatic rings. The van der Waals surface area contributed by atoms with E-state index in [2.05, 4.69) is 20.7 Å². The summed E-state index contributed by atoms with van der Waals surface area (Å²) in [5, 5.41) is 0. The minimum absolute atomic E-state index is 0.0251. The van der Waals surface area contributed by atoms with Gasteiger partial charge in [-0.25, -0.2) is 0 Å². The van der Waals surface area contributed by atoms with Crippen LogP contribution in [0.15, 0.2) is 36.5 Å². The number of likely N-dealkylation sites (N-methyl/N-ethyl adjacent to an activating group) is 1. The Morgan fingerprint density at radius 3 is 2.09 bits per heavy atom. The van der Waals surface area contributed by atoms with Crippen LogP contribution in [0.3, 0.4) is 0 Å². The predicted octanol–water partition coefficient (Wildman–Crippen LogP) is 3.86. The largest absolute Gasteiger partial charge is 0.416 e. The average Bonchev–Trinajstić information content (AvgIpc) is 2.73. The highest BCUT2D eigenvalue weighted by atomic mass is 19.4. The van der Waals surface area contributed by atoms with E-state index in [1.54, 1.807) is 19.1 Å². The molecule has 33 heavy (non-hydrogen) atoms. The summed E-state index contributed by atoms with van der Waals surface area (Å²) in [6.45, 7) is 4.21. The molecule has 2 heterocycles. The van der Waals surface area contributed by atoms with Crippen LogP contribution in [0.5, 0.6) is 0 Å². The monoisotopic (exact) mass is 475 g/mol. The van der Waals surface area contributed by atoms with Crippen LogP contribution in [-0.2, 0) is 17.1 Å². The Bertz CT molecular complexity index is 954. The third kappa shape index (κ3) is 6.14. The van der Waals surface area contributed by atoms with E-state index in [-0.39, 0.29) is 6.07 Å². The van der Waals surface area contributed by atoms with Crippen LogP contribution >= 0.6 is 0 Å². The molecule has 1 fully saturated rings. The molecule has 1 aromatic heterocycles. The van der Waals surface area contributed by atoms with Crippen LogP contribution in [0.4, 0.5) is 32.0 Å². The van der Waals surface area contributed by atoms with Crippen molar-refractivity contribution in [3.05, 3.63) is 58.9 Å². The summed E-state index contributed by atoms with van der Waals surface area (Å²) in [6, 6.07) is 3.64. The number of alkyl halides is 6. The lowest BCUT2D eigenvalue weighted by Gasteiger charge is -2.37. The number of nitrogens with one attached hydrogen (secondary N) is 2. The van der Waals surface area contributed by atoms with Gasteiger partial charge in [0, 0.05) is 32.4 Å². The van der Waals surface area contributed by atoms with E-state index in [1.165, 1.54) is 6.20 Å². The van der Waals surface area contributed by atoms with Crippen LogP contribution in [0, 0.1) is 6.92 Å². The van der Waals surface area contributed by atoms with Crippen LogP contribution in [-0.4, -0.2) is 53.9 Å². The van der Waals surface area contributed by atoms with Gasteiger partial charge in [-0.15, -0.1) is 0 Å². The Balaban J connectivity index is 1.86. The number of aromatic nitrogens is 1. The molecule has 3 rings (SSSR count). The molecule has 1 saturated heterocycles. The molecule has 0 spiro atoms. The first kappa shape index (κ1) is 24.8. The molecule has 2 N–H and O–H groups in total. The van der Waals surface area contributed by atoms with E-state index in [1.807, 2.05) is 11.9 Å². The molecule has 0 saturated carbocycles. The second kappa shape index (κ2) is 9.56. The number of amides is 1. The lowest BCUT2D eigenvalue weighted by Crippen LogP contribution is -2.51. The van der Waals surface area contributed by atoms with Gasteiger partial charge in [-0.2, -0.15) is 26.3 Å². The molecule has 1 atom stereocenters. The molecule has 0 radical (unpaired) electrons. The van der Waals surface area contributed by atoms with Crippen molar-refractivity contribution in [1.82, 2.24) is 20.2 Å². The highest BCUT2D eigenvalue weighted by Crippen LogP contribution is 2.37. The van der Waals surface area contributed by atoms with Gasteiger partial charge in [0.25, 0.3) is 5.91 Å². The topological polar surface area (TPSA) is 60.5 Å². The Morgan fingerprint density at radius 2 is 1.58 bits per heavy atom. The smallest absolute Gasteiger partial charge is 0.304 e. The number of pyridine rings is 1. The lowest BCUT2D eigenvalue weighted by molar-refractivity contribution is -0.143. The molecular weight excluding hydrogens is 452 g/mol. The number of carbonyl (C=O) groups excluding carboxylic acids is 1. The summed E-state index contributed by atoms with van der Waals surface area (Å²) in [5.74, 6) is -0.646. The van der Waals surface area contributed by atoms with E-state index in [9.17, 15) is 31.1 Å². The van der Waals surface area contributed by atoms with Gasteiger partial charge in [-0.3, -0.25) is 25.5 Å². The Kier molecular flexibility index (Phi) is 7.17. The number of aryl methyl sites for hydroxylation is 1. The Hall–Kier alpha value is -2.86. The fraction of sp³-hybridized carbons (Fsp3) is 0.429. The Labute approximate surface area is 186 Å². The van der Waals surface area contributed by atoms with Crippen molar-refractivity contribution < 1.29 is 31.1 Å². The molecule has 6 nitrogen and oxygen atoms in total. The maximum Gasteiger partial charge on any atom is 0.416 e. The van der Waals surface area contributed by atoms with Gasteiger partial charge in [0.15, 0.2) is 0 Å². The van der Waals surface area contributed by atoms with E-state index < -0.39 is 41.1 Å². The number of anilines is 1. The minimum Gasteiger partial charge on any atom is -0.304 e. The van der Waals surface area contributed by atoms with E-state index in [4.69, 9.17) is 0 Å².